The van der Waals surface area contributed by atoms with Gasteiger partial charge in [-0.3, -0.25) is 4.79 Å². The molecular weight excluding hydrogens is 516 g/mol. The number of rotatable bonds is 10. The number of hydrogen-bond donors (Lipinski definition) is 2. The molecule has 5 rings (SSSR count). The van der Waals surface area contributed by atoms with Crippen molar-refractivity contribution in [2.75, 3.05) is 23.9 Å². The molecule has 0 bridgehead atoms. The number of carbonyl (C=O) groups excluding carboxylic acids is 1. The summed E-state index contributed by atoms with van der Waals surface area (Å²) in [5, 5.41) is 6.66. The summed E-state index contributed by atoms with van der Waals surface area (Å²) in [6.07, 6.45) is 2.61. The van der Waals surface area contributed by atoms with E-state index in [4.69, 9.17) is 9.15 Å². The highest BCUT2D eigenvalue weighted by Crippen LogP contribution is 2.30. The van der Waals surface area contributed by atoms with E-state index in [2.05, 4.69) is 20.6 Å². The zero-order chi connectivity index (χ0) is 27.2. The number of nitrogens with one attached hydrogen (secondary N) is 2. The molecule has 3 aromatic carbocycles. The van der Waals surface area contributed by atoms with Gasteiger partial charge in [0.2, 0.25) is 0 Å². The Labute approximate surface area is 225 Å². The molecule has 0 radical (unpaired) electrons. The summed E-state index contributed by atoms with van der Waals surface area (Å²) in [4.78, 5) is 21.1. The van der Waals surface area contributed by atoms with Gasteiger partial charge in [0.1, 0.15) is 40.1 Å². The maximum absolute atomic E-state index is 12.3. The topological polar surface area (TPSA) is 123 Å². The molecule has 9 nitrogen and oxygen atoms in total. The van der Waals surface area contributed by atoms with E-state index in [0.717, 1.165) is 39.7 Å². The van der Waals surface area contributed by atoms with Gasteiger partial charge in [0, 0.05) is 29.4 Å². The summed E-state index contributed by atoms with van der Waals surface area (Å²) < 4.78 is 34.2. The molecule has 1 amide bonds. The molecule has 0 unspecified atom stereocenters. The molecule has 2 N–H and O–H groups in total. The van der Waals surface area contributed by atoms with Gasteiger partial charge in [-0.15, -0.1) is 0 Å². The molecule has 0 aliphatic rings. The molecule has 0 spiro atoms. The minimum absolute atomic E-state index is 0.0101. The number of ether oxygens (including phenoxy) is 1. The van der Waals surface area contributed by atoms with Crippen LogP contribution in [-0.4, -0.2) is 42.8 Å². The van der Waals surface area contributed by atoms with Crippen LogP contribution >= 0.6 is 0 Å². The van der Waals surface area contributed by atoms with Crippen LogP contribution in [0.3, 0.4) is 0 Å². The van der Waals surface area contributed by atoms with Crippen LogP contribution in [0.1, 0.15) is 16.1 Å². The number of anilines is 2. The molecule has 2 aromatic heterocycles. The van der Waals surface area contributed by atoms with Crippen molar-refractivity contribution >= 4 is 38.2 Å². The van der Waals surface area contributed by atoms with Crippen LogP contribution < -0.4 is 15.4 Å². The van der Waals surface area contributed by atoms with Gasteiger partial charge in [0.15, 0.2) is 5.76 Å². The van der Waals surface area contributed by atoms with Gasteiger partial charge in [0.25, 0.3) is 5.91 Å². The lowest BCUT2D eigenvalue weighted by Crippen LogP contribution is -2.28. The molecule has 0 saturated heterocycles. The fourth-order valence-electron chi connectivity index (χ4n) is 3.87. The van der Waals surface area contributed by atoms with E-state index in [1.165, 1.54) is 6.33 Å². The molecule has 198 valence electrons. The standard InChI is InChI=1S/C29H26N4O5S/c1-39(35,36)16-15-30-29(34)27-14-13-26(38-27)21-7-12-25-24(17-21)28(32-19-31-25)33-22-8-10-23(11-9-22)37-18-20-5-3-2-4-6-20/h2-14,17,19H,15-16,18H2,1H3,(H,30,34)(H,31,32,33). The third-order valence-electron chi connectivity index (χ3n) is 5.87. The average Bonchev–Trinajstić information content (AvgIpc) is 3.43. The first-order valence-corrected chi connectivity index (χ1v) is 14.2. The second-order valence-corrected chi connectivity index (χ2v) is 11.2. The summed E-state index contributed by atoms with van der Waals surface area (Å²) in [5.74, 6) is 1.33. The number of fused-ring (bicyclic) bond motifs is 1. The molecule has 39 heavy (non-hydrogen) atoms. The molecule has 0 atom stereocenters. The van der Waals surface area contributed by atoms with Gasteiger partial charge in [-0.2, -0.15) is 0 Å². The van der Waals surface area contributed by atoms with E-state index in [0.29, 0.717) is 18.2 Å². The largest absolute Gasteiger partial charge is 0.489 e. The second kappa shape index (κ2) is 11.4. The highest BCUT2D eigenvalue weighted by Gasteiger charge is 2.14. The van der Waals surface area contributed by atoms with Gasteiger partial charge in [0.05, 0.1) is 11.3 Å². The van der Waals surface area contributed by atoms with Crippen molar-refractivity contribution in [1.82, 2.24) is 15.3 Å². The summed E-state index contributed by atoms with van der Waals surface area (Å²) in [6.45, 7) is 0.500. The third-order valence-corrected chi connectivity index (χ3v) is 6.82. The average molecular weight is 543 g/mol. The van der Waals surface area contributed by atoms with Gasteiger partial charge < -0.3 is 19.8 Å². The molecule has 10 heteroatoms. The molecular formula is C29H26N4O5S. The first-order chi connectivity index (χ1) is 18.8. The lowest BCUT2D eigenvalue weighted by Gasteiger charge is -2.11. The van der Waals surface area contributed by atoms with Crippen molar-refractivity contribution in [3.8, 4) is 17.1 Å². The van der Waals surface area contributed by atoms with Crippen LogP contribution in [0.4, 0.5) is 11.5 Å². The molecule has 2 heterocycles. The molecule has 0 saturated carbocycles. The number of aromatic nitrogens is 2. The zero-order valence-electron chi connectivity index (χ0n) is 21.1. The predicted molar refractivity (Wildman–Crippen MR) is 150 cm³/mol. The van der Waals surface area contributed by atoms with E-state index < -0.39 is 15.7 Å². The lowest BCUT2D eigenvalue weighted by molar-refractivity contribution is 0.0929. The Kier molecular flexibility index (Phi) is 7.55. The molecule has 0 aliphatic heterocycles. The maximum Gasteiger partial charge on any atom is 0.287 e. The Hall–Kier alpha value is -4.70. The second-order valence-electron chi connectivity index (χ2n) is 8.93. The Morgan fingerprint density at radius 2 is 1.74 bits per heavy atom. The van der Waals surface area contributed by atoms with E-state index in [1.54, 1.807) is 12.1 Å². The summed E-state index contributed by atoms with van der Waals surface area (Å²) >= 11 is 0. The van der Waals surface area contributed by atoms with Crippen molar-refractivity contribution in [2.45, 2.75) is 6.61 Å². The predicted octanol–water partition coefficient (Wildman–Crippen LogP) is 4.99. The normalized spacial score (nSPS) is 11.3. The zero-order valence-corrected chi connectivity index (χ0v) is 21.9. The van der Waals surface area contributed by atoms with Crippen LogP contribution in [0.2, 0.25) is 0 Å². The SMILES string of the molecule is CS(=O)(=O)CCNC(=O)c1ccc(-c2ccc3ncnc(Nc4ccc(OCc5ccccc5)cc4)c3c2)o1. The Balaban J connectivity index is 1.29. The number of carbonyl (C=O) groups is 1. The highest BCUT2D eigenvalue weighted by atomic mass is 32.2. The van der Waals surface area contributed by atoms with Crippen molar-refractivity contribution < 1.29 is 22.4 Å². The quantitative estimate of drug-likeness (QED) is 0.253. The van der Waals surface area contributed by atoms with Gasteiger partial charge >= 0.3 is 0 Å². The summed E-state index contributed by atoms with van der Waals surface area (Å²) in [7, 11) is -3.17. The smallest absolute Gasteiger partial charge is 0.287 e. The van der Waals surface area contributed by atoms with Crippen molar-refractivity contribution in [2.24, 2.45) is 0 Å². The number of furan rings is 1. The Morgan fingerprint density at radius 3 is 2.51 bits per heavy atom. The Morgan fingerprint density at radius 1 is 0.949 bits per heavy atom. The van der Waals surface area contributed by atoms with Crippen molar-refractivity contribution in [1.29, 1.82) is 0 Å². The first kappa shape index (κ1) is 25.9. The van der Waals surface area contributed by atoms with Crippen molar-refractivity contribution in [3.05, 3.63) is 103 Å². The molecule has 0 fully saturated rings. The highest BCUT2D eigenvalue weighted by molar-refractivity contribution is 7.90. The fraction of sp³-hybridized carbons (Fsp3) is 0.138. The van der Waals surface area contributed by atoms with E-state index >= 15 is 0 Å². The summed E-state index contributed by atoms with van der Waals surface area (Å²) in [6, 6.07) is 26.4. The number of amides is 1. The third kappa shape index (κ3) is 6.79. The minimum atomic E-state index is -3.17. The van der Waals surface area contributed by atoms with Crippen LogP contribution in [0.15, 0.2) is 95.7 Å². The molecule has 5 aromatic rings. The minimum Gasteiger partial charge on any atom is -0.489 e. The van der Waals surface area contributed by atoms with Crippen LogP contribution in [-0.2, 0) is 16.4 Å². The number of benzene rings is 3. The maximum atomic E-state index is 12.3. The molecule has 0 aliphatic carbocycles. The van der Waals surface area contributed by atoms with Gasteiger partial charge in [-0.1, -0.05) is 30.3 Å². The first-order valence-electron chi connectivity index (χ1n) is 12.2. The number of nitrogens with zero attached hydrogens (tertiary/aromatic N) is 2. The number of hydrogen-bond acceptors (Lipinski definition) is 8. The van der Waals surface area contributed by atoms with E-state index in [9.17, 15) is 13.2 Å². The Bertz CT molecular complexity index is 1700. The summed E-state index contributed by atoms with van der Waals surface area (Å²) in [5.41, 5.74) is 3.40. The van der Waals surface area contributed by atoms with Crippen LogP contribution in [0.5, 0.6) is 5.75 Å². The van der Waals surface area contributed by atoms with Crippen molar-refractivity contribution in [3.63, 3.8) is 0 Å². The van der Waals surface area contributed by atoms with Crippen LogP contribution in [0, 0.1) is 0 Å². The monoisotopic (exact) mass is 542 g/mol. The number of sulfone groups is 1. The van der Waals surface area contributed by atoms with E-state index in [1.807, 2.05) is 72.8 Å². The lowest BCUT2D eigenvalue weighted by atomic mass is 10.1. The van der Waals surface area contributed by atoms with Gasteiger partial charge in [-0.25, -0.2) is 18.4 Å². The van der Waals surface area contributed by atoms with Crippen LogP contribution in [0.25, 0.3) is 22.2 Å². The fourth-order valence-corrected chi connectivity index (χ4v) is 4.35. The van der Waals surface area contributed by atoms with Gasteiger partial charge in [-0.05, 0) is 60.2 Å². The van der Waals surface area contributed by atoms with E-state index in [-0.39, 0.29) is 18.1 Å².